The third kappa shape index (κ3) is 4.40. The summed E-state index contributed by atoms with van der Waals surface area (Å²) in [6.07, 6.45) is 4.14. The summed E-state index contributed by atoms with van der Waals surface area (Å²) in [5.41, 5.74) is 6.99. The molecule has 5 nitrogen and oxygen atoms in total. The topological polar surface area (TPSA) is 59.8 Å². The number of hydrogen-bond acceptors (Lipinski definition) is 3. The summed E-state index contributed by atoms with van der Waals surface area (Å²) in [5, 5.41) is 8.57. The van der Waals surface area contributed by atoms with Gasteiger partial charge in [0, 0.05) is 11.1 Å². The first-order valence-electron chi connectivity index (χ1n) is 10.4. The van der Waals surface area contributed by atoms with E-state index >= 15 is 0 Å². The van der Waals surface area contributed by atoms with E-state index in [0.717, 1.165) is 44.8 Å². The zero-order valence-corrected chi connectivity index (χ0v) is 18.3. The molecular weight excluding hydrogens is 384 g/mol. The van der Waals surface area contributed by atoms with E-state index in [9.17, 15) is 4.79 Å². The molecule has 0 saturated heterocycles. The summed E-state index contributed by atoms with van der Waals surface area (Å²) in [6, 6.07) is 18.0. The molecule has 156 valence electrons. The van der Waals surface area contributed by atoms with Crippen molar-refractivity contribution in [2.24, 2.45) is 0 Å². The maximum atomic E-state index is 13.2. The molecule has 4 aromatic rings. The highest BCUT2D eigenvalue weighted by atomic mass is 16.1. The average molecular weight is 411 g/mol. The van der Waals surface area contributed by atoms with Gasteiger partial charge >= 0.3 is 0 Å². The lowest BCUT2D eigenvalue weighted by Crippen LogP contribution is -2.14. The van der Waals surface area contributed by atoms with Crippen molar-refractivity contribution in [3.63, 3.8) is 0 Å². The van der Waals surface area contributed by atoms with Crippen molar-refractivity contribution in [1.82, 2.24) is 14.8 Å². The highest BCUT2D eigenvalue weighted by Gasteiger charge is 2.17. The van der Waals surface area contributed by atoms with Crippen LogP contribution in [0.1, 0.15) is 38.6 Å². The Morgan fingerprint density at radius 2 is 1.81 bits per heavy atom. The van der Waals surface area contributed by atoms with Gasteiger partial charge in [-0.15, -0.1) is 0 Å². The molecule has 0 radical (unpaired) electrons. The number of aryl methyl sites for hydroxylation is 3. The molecule has 31 heavy (non-hydrogen) atoms. The van der Waals surface area contributed by atoms with E-state index < -0.39 is 0 Å². The van der Waals surface area contributed by atoms with Crippen LogP contribution in [0.3, 0.4) is 0 Å². The van der Waals surface area contributed by atoms with Crippen molar-refractivity contribution in [3.8, 4) is 0 Å². The van der Waals surface area contributed by atoms with Crippen molar-refractivity contribution in [2.45, 2.75) is 34.2 Å². The Labute approximate surface area is 182 Å². The number of carbonyl (C=O) groups is 1. The molecule has 0 spiro atoms. The largest absolute Gasteiger partial charge is 0.319 e. The van der Waals surface area contributed by atoms with Gasteiger partial charge < -0.3 is 5.32 Å². The first-order chi connectivity index (χ1) is 14.9. The molecule has 4 rings (SSSR count). The lowest BCUT2D eigenvalue weighted by molar-refractivity contribution is 0.102. The molecule has 0 unspecified atom stereocenters. The summed E-state index contributed by atoms with van der Waals surface area (Å²) in [4.78, 5) is 17.8. The van der Waals surface area contributed by atoms with E-state index in [1.54, 1.807) is 0 Å². The second kappa shape index (κ2) is 8.56. The quantitative estimate of drug-likeness (QED) is 0.464. The predicted molar refractivity (Wildman–Crippen MR) is 126 cm³/mol. The van der Waals surface area contributed by atoms with Crippen LogP contribution in [0.5, 0.6) is 0 Å². The molecule has 2 aromatic heterocycles. The standard InChI is InChI=1S/C26H26N4O/c1-17-12-13-24-22(15-17)23(16-18(2)27-24)26(31)28-25-19(3)29-30(20(25)4)14-8-11-21-9-6-5-7-10-21/h5-13,15-16H,14H2,1-4H3,(H,28,31)/b11-8+. The smallest absolute Gasteiger partial charge is 0.256 e. The van der Waals surface area contributed by atoms with E-state index in [1.807, 2.05) is 74.8 Å². The molecule has 0 bridgehead atoms. The van der Waals surface area contributed by atoms with Gasteiger partial charge in [0.25, 0.3) is 5.91 Å². The fraction of sp³-hybridized carbons (Fsp3) is 0.192. The van der Waals surface area contributed by atoms with E-state index in [4.69, 9.17) is 0 Å². The van der Waals surface area contributed by atoms with Crippen LogP contribution in [0.2, 0.25) is 0 Å². The molecule has 2 heterocycles. The zero-order chi connectivity index (χ0) is 22.0. The lowest BCUT2D eigenvalue weighted by Gasteiger charge is -2.10. The van der Waals surface area contributed by atoms with Gasteiger partial charge in [-0.3, -0.25) is 14.5 Å². The number of benzene rings is 2. The molecule has 2 aromatic carbocycles. The van der Waals surface area contributed by atoms with Crippen LogP contribution < -0.4 is 5.32 Å². The number of amides is 1. The van der Waals surface area contributed by atoms with Crippen LogP contribution in [-0.4, -0.2) is 20.7 Å². The minimum Gasteiger partial charge on any atom is -0.319 e. The van der Waals surface area contributed by atoms with Crippen molar-refractivity contribution in [2.75, 3.05) is 5.32 Å². The van der Waals surface area contributed by atoms with Gasteiger partial charge in [0.15, 0.2) is 0 Å². The number of aromatic nitrogens is 3. The van der Waals surface area contributed by atoms with E-state index in [2.05, 4.69) is 39.7 Å². The number of rotatable bonds is 5. The van der Waals surface area contributed by atoms with Gasteiger partial charge in [-0.2, -0.15) is 5.10 Å². The first kappa shape index (κ1) is 20.5. The monoisotopic (exact) mass is 410 g/mol. The summed E-state index contributed by atoms with van der Waals surface area (Å²) >= 11 is 0. The van der Waals surface area contributed by atoms with Crippen molar-refractivity contribution in [1.29, 1.82) is 0 Å². The van der Waals surface area contributed by atoms with E-state index in [0.29, 0.717) is 12.1 Å². The van der Waals surface area contributed by atoms with Crippen LogP contribution in [0.25, 0.3) is 17.0 Å². The molecule has 0 aliphatic rings. The summed E-state index contributed by atoms with van der Waals surface area (Å²) in [6.45, 7) is 8.45. The zero-order valence-electron chi connectivity index (χ0n) is 18.3. The second-order valence-corrected chi connectivity index (χ2v) is 7.83. The Balaban J connectivity index is 1.59. The summed E-state index contributed by atoms with van der Waals surface area (Å²) in [5.74, 6) is -0.147. The fourth-order valence-corrected chi connectivity index (χ4v) is 3.75. The van der Waals surface area contributed by atoms with Gasteiger partial charge in [-0.1, -0.05) is 54.1 Å². The number of nitrogens with one attached hydrogen (secondary N) is 1. The Morgan fingerprint density at radius 3 is 2.58 bits per heavy atom. The minimum absolute atomic E-state index is 0.147. The molecular formula is C26H26N4O. The minimum atomic E-state index is -0.147. The van der Waals surface area contributed by atoms with Gasteiger partial charge in [0.2, 0.25) is 0 Å². The molecule has 0 saturated carbocycles. The Kier molecular flexibility index (Phi) is 5.67. The molecule has 5 heteroatoms. The van der Waals surface area contributed by atoms with Gasteiger partial charge in [0.05, 0.1) is 34.7 Å². The van der Waals surface area contributed by atoms with Gasteiger partial charge in [-0.05, 0) is 51.5 Å². The Morgan fingerprint density at radius 1 is 1.03 bits per heavy atom. The normalized spacial score (nSPS) is 11.4. The van der Waals surface area contributed by atoms with Crippen molar-refractivity contribution in [3.05, 3.63) is 94.4 Å². The Hall–Kier alpha value is -3.73. The number of nitrogens with zero attached hydrogens (tertiary/aromatic N) is 3. The molecule has 0 fully saturated rings. The number of pyridine rings is 1. The summed E-state index contributed by atoms with van der Waals surface area (Å²) < 4.78 is 1.91. The number of carbonyl (C=O) groups excluding carboxylic acids is 1. The van der Waals surface area contributed by atoms with Crippen molar-refractivity contribution < 1.29 is 4.79 Å². The fourth-order valence-electron chi connectivity index (χ4n) is 3.75. The third-order valence-corrected chi connectivity index (χ3v) is 5.35. The molecule has 0 aliphatic carbocycles. The van der Waals surface area contributed by atoms with Crippen LogP contribution >= 0.6 is 0 Å². The average Bonchev–Trinajstić information content (AvgIpc) is 3.01. The Bertz CT molecular complexity index is 1290. The van der Waals surface area contributed by atoms with Crippen LogP contribution in [0.15, 0.2) is 60.7 Å². The third-order valence-electron chi connectivity index (χ3n) is 5.35. The highest BCUT2D eigenvalue weighted by molar-refractivity contribution is 6.12. The van der Waals surface area contributed by atoms with E-state index in [1.165, 1.54) is 0 Å². The first-order valence-corrected chi connectivity index (χ1v) is 10.4. The predicted octanol–water partition coefficient (Wildman–Crippen LogP) is 5.63. The molecule has 1 N–H and O–H groups in total. The lowest BCUT2D eigenvalue weighted by atomic mass is 10.0. The molecule has 0 aliphatic heterocycles. The van der Waals surface area contributed by atoms with Gasteiger partial charge in [0.1, 0.15) is 0 Å². The highest BCUT2D eigenvalue weighted by Crippen LogP contribution is 2.24. The second-order valence-electron chi connectivity index (χ2n) is 7.83. The van der Waals surface area contributed by atoms with Crippen LogP contribution in [0, 0.1) is 27.7 Å². The maximum Gasteiger partial charge on any atom is 0.256 e. The SMILES string of the molecule is Cc1ccc2nc(C)cc(C(=O)Nc3c(C)nn(C/C=C/c4ccccc4)c3C)c2c1. The number of fused-ring (bicyclic) bond motifs is 1. The molecule has 1 amide bonds. The number of hydrogen-bond donors (Lipinski definition) is 1. The van der Waals surface area contributed by atoms with Crippen molar-refractivity contribution >= 4 is 28.6 Å². The maximum absolute atomic E-state index is 13.2. The molecule has 0 atom stereocenters. The number of allylic oxidation sites excluding steroid dienone is 1. The van der Waals surface area contributed by atoms with E-state index in [-0.39, 0.29) is 5.91 Å². The van der Waals surface area contributed by atoms with Crippen LogP contribution in [0.4, 0.5) is 5.69 Å². The number of anilines is 1. The van der Waals surface area contributed by atoms with Gasteiger partial charge in [-0.25, -0.2) is 0 Å². The van der Waals surface area contributed by atoms with Crippen LogP contribution in [-0.2, 0) is 6.54 Å². The summed E-state index contributed by atoms with van der Waals surface area (Å²) in [7, 11) is 0.